The lowest BCUT2D eigenvalue weighted by Crippen LogP contribution is -2.46. The number of rotatable bonds is 2. The summed E-state index contributed by atoms with van der Waals surface area (Å²) in [6.45, 7) is 7.70. The van der Waals surface area contributed by atoms with E-state index < -0.39 is 0 Å². The van der Waals surface area contributed by atoms with Crippen molar-refractivity contribution in [3.63, 3.8) is 0 Å². The molecule has 3 unspecified atom stereocenters. The Labute approximate surface area is 114 Å². The summed E-state index contributed by atoms with van der Waals surface area (Å²) in [6.07, 6.45) is 0.746. The monoisotopic (exact) mass is 263 g/mol. The van der Waals surface area contributed by atoms with Crippen LogP contribution in [0.25, 0.3) is 0 Å². The number of thioether (sulfide) groups is 1. The fourth-order valence-corrected chi connectivity index (χ4v) is 4.37. The van der Waals surface area contributed by atoms with Crippen LogP contribution in [-0.2, 0) is 4.74 Å². The van der Waals surface area contributed by atoms with Gasteiger partial charge in [-0.05, 0) is 25.5 Å². The van der Waals surface area contributed by atoms with E-state index in [0.717, 1.165) is 13.1 Å². The second-order valence-corrected chi connectivity index (χ2v) is 6.58. The highest BCUT2D eigenvalue weighted by molar-refractivity contribution is 7.99. The van der Waals surface area contributed by atoms with Crippen LogP contribution in [0, 0.1) is 0 Å². The van der Waals surface area contributed by atoms with Gasteiger partial charge in [-0.3, -0.25) is 4.90 Å². The van der Waals surface area contributed by atoms with Crippen LogP contribution >= 0.6 is 11.8 Å². The molecule has 2 nitrogen and oxygen atoms in total. The first-order chi connectivity index (χ1) is 8.72. The molecule has 1 saturated heterocycles. The Morgan fingerprint density at radius 3 is 2.72 bits per heavy atom. The molecule has 98 valence electrons. The van der Waals surface area contributed by atoms with Crippen LogP contribution in [0.3, 0.4) is 0 Å². The average molecular weight is 263 g/mol. The molecule has 1 aromatic carbocycles. The number of hydrogen-bond donors (Lipinski definition) is 0. The lowest BCUT2D eigenvalue weighted by molar-refractivity contribution is -0.0688. The van der Waals surface area contributed by atoms with Crippen LogP contribution in [0.15, 0.2) is 29.2 Å². The second-order valence-electron chi connectivity index (χ2n) is 5.52. The predicted octanol–water partition coefficient (Wildman–Crippen LogP) is 2.99. The molecule has 0 bridgehead atoms. The van der Waals surface area contributed by atoms with Crippen LogP contribution in [-0.4, -0.2) is 42.5 Å². The summed E-state index contributed by atoms with van der Waals surface area (Å²) in [7, 11) is 0. The van der Waals surface area contributed by atoms with E-state index in [0.29, 0.717) is 18.1 Å². The fourth-order valence-electron chi connectivity index (χ4n) is 3.13. The minimum Gasteiger partial charge on any atom is -0.373 e. The first-order valence-electron chi connectivity index (χ1n) is 6.82. The van der Waals surface area contributed by atoms with Crippen LogP contribution in [0.1, 0.15) is 25.3 Å². The topological polar surface area (TPSA) is 12.5 Å². The molecule has 0 radical (unpaired) electrons. The molecule has 0 N–H and O–H groups in total. The number of ether oxygens (including phenoxy) is 1. The number of nitrogens with zero attached hydrogens (tertiary/aromatic N) is 1. The quantitative estimate of drug-likeness (QED) is 0.814. The maximum Gasteiger partial charge on any atom is 0.0678 e. The molecular formula is C15H21NOS. The summed E-state index contributed by atoms with van der Waals surface area (Å²) >= 11 is 2.01. The van der Waals surface area contributed by atoms with Crippen molar-refractivity contribution in [2.75, 3.05) is 25.4 Å². The Morgan fingerprint density at radius 1 is 1.22 bits per heavy atom. The zero-order valence-electron chi connectivity index (χ0n) is 11.1. The molecule has 3 atom stereocenters. The van der Waals surface area contributed by atoms with Crippen molar-refractivity contribution in [2.24, 2.45) is 0 Å². The molecule has 0 spiro atoms. The molecule has 0 aromatic heterocycles. The van der Waals surface area contributed by atoms with E-state index in [9.17, 15) is 0 Å². The maximum absolute atomic E-state index is 5.80. The highest BCUT2D eigenvalue weighted by atomic mass is 32.2. The Kier molecular flexibility index (Phi) is 3.64. The molecule has 0 saturated carbocycles. The molecule has 2 heterocycles. The Bertz CT molecular complexity index is 413. The smallest absolute Gasteiger partial charge is 0.0678 e. The molecule has 3 rings (SSSR count). The van der Waals surface area contributed by atoms with E-state index in [2.05, 4.69) is 43.0 Å². The minimum atomic E-state index is 0.373. The normalized spacial score (nSPS) is 32.4. The summed E-state index contributed by atoms with van der Waals surface area (Å²) in [5, 5.41) is 0. The molecule has 0 aliphatic carbocycles. The van der Waals surface area contributed by atoms with E-state index in [1.165, 1.54) is 17.2 Å². The van der Waals surface area contributed by atoms with Gasteiger partial charge in [0, 0.05) is 36.2 Å². The van der Waals surface area contributed by atoms with Crippen LogP contribution in [0.4, 0.5) is 0 Å². The zero-order valence-corrected chi connectivity index (χ0v) is 12.0. The van der Waals surface area contributed by atoms with Crippen molar-refractivity contribution < 1.29 is 4.74 Å². The first kappa shape index (κ1) is 12.5. The van der Waals surface area contributed by atoms with Gasteiger partial charge in [0.2, 0.25) is 0 Å². The van der Waals surface area contributed by atoms with Gasteiger partial charge in [-0.15, -0.1) is 11.8 Å². The van der Waals surface area contributed by atoms with Gasteiger partial charge in [0.1, 0.15) is 0 Å². The summed E-state index contributed by atoms with van der Waals surface area (Å²) in [5.74, 6) is 1.93. The average Bonchev–Trinajstić information content (AvgIpc) is 2.72. The van der Waals surface area contributed by atoms with E-state index in [1.54, 1.807) is 5.56 Å². The van der Waals surface area contributed by atoms with Gasteiger partial charge < -0.3 is 4.74 Å². The standard InChI is InChI=1S/C15H21NOS/c1-11-7-16(8-12(2)17-11)9-13-10-18-15-6-4-3-5-14(13)15/h3-6,11-13H,7-10H2,1-2H3. The number of benzene rings is 1. The molecule has 3 heteroatoms. The Balaban J connectivity index is 1.67. The van der Waals surface area contributed by atoms with Gasteiger partial charge in [-0.2, -0.15) is 0 Å². The molecule has 2 aliphatic rings. The molecule has 2 aliphatic heterocycles. The summed E-state index contributed by atoms with van der Waals surface area (Å²) in [4.78, 5) is 4.06. The van der Waals surface area contributed by atoms with Crippen molar-refractivity contribution in [2.45, 2.75) is 36.9 Å². The number of fused-ring (bicyclic) bond motifs is 1. The van der Waals surface area contributed by atoms with Crippen LogP contribution in [0.2, 0.25) is 0 Å². The predicted molar refractivity (Wildman–Crippen MR) is 76.4 cm³/mol. The Morgan fingerprint density at radius 2 is 1.94 bits per heavy atom. The van der Waals surface area contributed by atoms with E-state index in [1.807, 2.05) is 11.8 Å². The van der Waals surface area contributed by atoms with Gasteiger partial charge in [0.25, 0.3) is 0 Å². The second kappa shape index (κ2) is 5.24. The van der Waals surface area contributed by atoms with Crippen molar-refractivity contribution in [1.82, 2.24) is 4.90 Å². The maximum atomic E-state index is 5.80. The van der Waals surface area contributed by atoms with E-state index in [4.69, 9.17) is 4.74 Å². The van der Waals surface area contributed by atoms with Gasteiger partial charge in [-0.25, -0.2) is 0 Å². The third-order valence-corrected chi connectivity index (χ3v) is 5.02. The summed E-state index contributed by atoms with van der Waals surface area (Å²) in [6, 6.07) is 8.87. The van der Waals surface area contributed by atoms with Gasteiger partial charge in [0.15, 0.2) is 0 Å². The molecule has 18 heavy (non-hydrogen) atoms. The van der Waals surface area contributed by atoms with Gasteiger partial charge in [-0.1, -0.05) is 18.2 Å². The molecule has 1 aromatic rings. The third-order valence-electron chi connectivity index (χ3n) is 3.77. The highest BCUT2D eigenvalue weighted by Gasteiger charge is 2.28. The van der Waals surface area contributed by atoms with Crippen LogP contribution < -0.4 is 0 Å². The van der Waals surface area contributed by atoms with E-state index in [-0.39, 0.29) is 0 Å². The summed E-state index contributed by atoms with van der Waals surface area (Å²) in [5.41, 5.74) is 1.55. The van der Waals surface area contributed by atoms with Crippen molar-refractivity contribution in [1.29, 1.82) is 0 Å². The van der Waals surface area contributed by atoms with Crippen LogP contribution in [0.5, 0.6) is 0 Å². The Hall–Kier alpha value is -0.510. The molecule has 0 amide bonds. The number of hydrogen-bond acceptors (Lipinski definition) is 3. The molecular weight excluding hydrogens is 242 g/mol. The fraction of sp³-hybridized carbons (Fsp3) is 0.600. The van der Waals surface area contributed by atoms with Crippen molar-refractivity contribution in [3.8, 4) is 0 Å². The van der Waals surface area contributed by atoms with Gasteiger partial charge in [0.05, 0.1) is 12.2 Å². The van der Waals surface area contributed by atoms with Gasteiger partial charge >= 0.3 is 0 Å². The first-order valence-corrected chi connectivity index (χ1v) is 7.80. The lowest BCUT2D eigenvalue weighted by Gasteiger charge is -2.36. The van der Waals surface area contributed by atoms with E-state index >= 15 is 0 Å². The zero-order chi connectivity index (χ0) is 12.5. The third kappa shape index (κ3) is 2.58. The highest BCUT2D eigenvalue weighted by Crippen LogP contribution is 2.39. The minimum absolute atomic E-state index is 0.373. The lowest BCUT2D eigenvalue weighted by atomic mass is 10.00. The van der Waals surface area contributed by atoms with Crippen molar-refractivity contribution in [3.05, 3.63) is 29.8 Å². The summed E-state index contributed by atoms with van der Waals surface area (Å²) < 4.78 is 5.80. The van der Waals surface area contributed by atoms with Crippen molar-refractivity contribution >= 4 is 11.8 Å². The largest absolute Gasteiger partial charge is 0.373 e. The molecule has 1 fully saturated rings. The number of morpholine rings is 1. The SMILES string of the molecule is CC1CN(CC2CSc3ccccc32)CC(C)O1.